The van der Waals surface area contributed by atoms with Gasteiger partial charge in [-0.25, -0.2) is 4.79 Å². The normalized spacial score (nSPS) is 13.4. The van der Waals surface area contributed by atoms with Crippen molar-refractivity contribution >= 4 is 20.2 Å². The Kier molecular flexibility index (Phi) is 6.46. The first-order chi connectivity index (χ1) is 10.5. The summed E-state index contributed by atoms with van der Waals surface area (Å²) in [7, 11) is -1.93. The average molecular weight is 338 g/mol. The van der Waals surface area contributed by atoms with Crippen molar-refractivity contribution in [2.45, 2.75) is 51.4 Å². The van der Waals surface area contributed by atoms with E-state index in [9.17, 15) is 14.7 Å². The SMILES string of the molecule is CC(C)(C)[Si](C)(C)OCC[C@@H](NC(=O)c1cccnc1)C(=O)O. The van der Waals surface area contributed by atoms with Gasteiger partial charge >= 0.3 is 5.97 Å². The number of hydrogen-bond acceptors (Lipinski definition) is 4. The highest BCUT2D eigenvalue weighted by atomic mass is 28.4. The van der Waals surface area contributed by atoms with Crippen molar-refractivity contribution in [1.29, 1.82) is 0 Å². The molecule has 1 aromatic rings. The second-order valence-electron chi connectivity index (χ2n) is 7.00. The van der Waals surface area contributed by atoms with Crippen molar-refractivity contribution in [3.05, 3.63) is 30.1 Å². The molecule has 1 aromatic heterocycles. The Morgan fingerprint density at radius 2 is 2.04 bits per heavy atom. The average Bonchev–Trinajstić information content (AvgIpc) is 2.45. The van der Waals surface area contributed by atoms with Crippen molar-refractivity contribution < 1.29 is 19.1 Å². The lowest BCUT2D eigenvalue weighted by molar-refractivity contribution is -0.139. The molecule has 0 saturated carbocycles. The lowest BCUT2D eigenvalue weighted by Gasteiger charge is -2.36. The highest BCUT2D eigenvalue weighted by molar-refractivity contribution is 6.74. The zero-order valence-corrected chi connectivity index (χ0v) is 15.4. The van der Waals surface area contributed by atoms with Crippen LogP contribution in [-0.4, -0.2) is 42.9 Å². The molecule has 2 N–H and O–H groups in total. The van der Waals surface area contributed by atoms with Crippen LogP contribution in [-0.2, 0) is 9.22 Å². The summed E-state index contributed by atoms with van der Waals surface area (Å²) in [6, 6.07) is 2.24. The molecule has 1 atom stereocenters. The van der Waals surface area contributed by atoms with Crippen LogP contribution in [0, 0.1) is 0 Å². The number of nitrogens with zero attached hydrogens (tertiary/aromatic N) is 1. The minimum Gasteiger partial charge on any atom is -0.480 e. The largest absolute Gasteiger partial charge is 0.480 e. The predicted molar refractivity (Wildman–Crippen MR) is 90.9 cm³/mol. The number of amides is 1. The molecule has 0 saturated heterocycles. The van der Waals surface area contributed by atoms with Gasteiger partial charge in [-0.1, -0.05) is 20.8 Å². The molecule has 0 fully saturated rings. The Hall–Kier alpha value is -1.73. The van der Waals surface area contributed by atoms with Crippen molar-refractivity contribution in [2.75, 3.05) is 6.61 Å². The van der Waals surface area contributed by atoms with Crippen molar-refractivity contribution in [2.24, 2.45) is 0 Å². The van der Waals surface area contributed by atoms with E-state index in [2.05, 4.69) is 44.2 Å². The van der Waals surface area contributed by atoms with Crippen LogP contribution in [0.4, 0.5) is 0 Å². The molecule has 7 heteroatoms. The summed E-state index contributed by atoms with van der Waals surface area (Å²) >= 11 is 0. The molecule has 1 heterocycles. The minimum atomic E-state index is -1.93. The first-order valence-corrected chi connectivity index (χ1v) is 10.5. The number of nitrogens with one attached hydrogen (secondary N) is 1. The molecule has 0 unspecified atom stereocenters. The molecule has 0 aliphatic heterocycles. The highest BCUT2D eigenvalue weighted by Crippen LogP contribution is 2.36. The highest BCUT2D eigenvalue weighted by Gasteiger charge is 2.37. The summed E-state index contributed by atoms with van der Waals surface area (Å²) in [6.45, 7) is 10.9. The van der Waals surface area contributed by atoms with Crippen molar-refractivity contribution in [3.63, 3.8) is 0 Å². The molecule has 128 valence electrons. The molecule has 0 aromatic carbocycles. The molecular weight excluding hydrogens is 312 g/mol. The van der Waals surface area contributed by atoms with Gasteiger partial charge in [0, 0.05) is 25.4 Å². The van der Waals surface area contributed by atoms with E-state index in [0.717, 1.165) is 0 Å². The molecule has 1 amide bonds. The van der Waals surface area contributed by atoms with E-state index in [1.54, 1.807) is 18.3 Å². The number of pyridine rings is 1. The van der Waals surface area contributed by atoms with E-state index >= 15 is 0 Å². The fourth-order valence-electron chi connectivity index (χ4n) is 1.64. The summed E-state index contributed by atoms with van der Waals surface area (Å²) < 4.78 is 5.97. The molecule has 0 radical (unpaired) electrons. The fraction of sp³-hybridized carbons (Fsp3) is 0.562. The number of carboxylic acids is 1. The number of aromatic nitrogens is 1. The van der Waals surface area contributed by atoms with Gasteiger partial charge in [-0.2, -0.15) is 0 Å². The molecule has 6 nitrogen and oxygen atoms in total. The predicted octanol–water partition coefficient (Wildman–Crippen LogP) is 2.68. The van der Waals surface area contributed by atoms with Crippen LogP contribution in [0.15, 0.2) is 24.5 Å². The number of carboxylic acid groups (broad SMARTS) is 1. The number of carbonyl (C=O) groups excluding carboxylic acids is 1. The maximum atomic E-state index is 12.0. The maximum Gasteiger partial charge on any atom is 0.326 e. The third-order valence-corrected chi connectivity index (χ3v) is 8.74. The summed E-state index contributed by atoms with van der Waals surface area (Å²) in [4.78, 5) is 27.2. The topological polar surface area (TPSA) is 88.5 Å². The first-order valence-electron chi connectivity index (χ1n) is 7.62. The van der Waals surface area contributed by atoms with Gasteiger partial charge in [-0.05, 0) is 30.3 Å². The van der Waals surface area contributed by atoms with Crippen molar-refractivity contribution in [3.8, 4) is 0 Å². The van der Waals surface area contributed by atoms with Crippen LogP contribution in [0.25, 0.3) is 0 Å². The van der Waals surface area contributed by atoms with E-state index in [1.165, 1.54) is 6.20 Å². The smallest absolute Gasteiger partial charge is 0.326 e. The van der Waals surface area contributed by atoms with Crippen LogP contribution in [0.5, 0.6) is 0 Å². The van der Waals surface area contributed by atoms with E-state index in [4.69, 9.17) is 4.43 Å². The van der Waals surface area contributed by atoms with Gasteiger partial charge in [0.1, 0.15) is 6.04 Å². The Bertz CT molecular complexity index is 541. The third kappa shape index (κ3) is 5.76. The third-order valence-electron chi connectivity index (χ3n) is 4.20. The summed E-state index contributed by atoms with van der Waals surface area (Å²) in [6.07, 6.45) is 3.19. The Morgan fingerprint density at radius 3 is 2.52 bits per heavy atom. The second kappa shape index (κ2) is 7.70. The van der Waals surface area contributed by atoms with Gasteiger partial charge in [0.25, 0.3) is 5.91 Å². The number of carbonyl (C=O) groups is 2. The molecule has 0 aliphatic rings. The first kappa shape index (κ1) is 19.3. The molecule has 0 aliphatic carbocycles. The monoisotopic (exact) mass is 338 g/mol. The second-order valence-corrected chi connectivity index (χ2v) is 11.8. The zero-order valence-electron chi connectivity index (χ0n) is 14.4. The Balaban J connectivity index is 2.60. The summed E-state index contributed by atoms with van der Waals surface area (Å²) in [5.41, 5.74) is 0.337. The van der Waals surface area contributed by atoms with Crippen LogP contribution >= 0.6 is 0 Å². The van der Waals surface area contributed by atoms with Gasteiger partial charge < -0.3 is 14.8 Å². The van der Waals surface area contributed by atoms with E-state index in [1.807, 2.05) is 0 Å². The summed E-state index contributed by atoms with van der Waals surface area (Å²) in [5, 5.41) is 11.9. The molecular formula is C16H26N2O4Si. The minimum absolute atomic E-state index is 0.0602. The zero-order chi connectivity index (χ0) is 17.7. The standard InChI is InChI=1S/C16H26N2O4Si/c1-16(2,3)23(4,5)22-10-8-13(15(20)21)18-14(19)12-7-6-9-17-11-12/h6-7,9,11,13H,8,10H2,1-5H3,(H,18,19)(H,20,21)/t13-/m1/s1. The summed E-state index contributed by atoms with van der Waals surface area (Å²) in [5.74, 6) is -1.51. The van der Waals surface area contributed by atoms with Crippen LogP contribution in [0.2, 0.25) is 18.1 Å². The van der Waals surface area contributed by atoms with Gasteiger partial charge in [0.2, 0.25) is 0 Å². The van der Waals surface area contributed by atoms with E-state index in [0.29, 0.717) is 12.2 Å². The van der Waals surface area contributed by atoms with Gasteiger partial charge in [-0.3, -0.25) is 9.78 Å². The number of hydrogen-bond donors (Lipinski definition) is 2. The molecule has 0 bridgehead atoms. The Morgan fingerprint density at radius 1 is 1.39 bits per heavy atom. The lowest BCUT2D eigenvalue weighted by atomic mass is 10.2. The van der Waals surface area contributed by atoms with Gasteiger partial charge in [0.05, 0.1) is 5.56 Å². The fourth-order valence-corrected chi connectivity index (χ4v) is 2.71. The molecule has 0 spiro atoms. The van der Waals surface area contributed by atoms with Crippen molar-refractivity contribution in [1.82, 2.24) is 10.3 Å². The molecule has 1 rings (SSSR count). The van der Waals surface area contributed by atoms with Crippen LogP contribution < -0.4 is 5.32 Å². The van der Waals surface area contributed by atoms with Gasteiger partial charge in [0.15, 0.2) is 8.32 Å². The van der Waals surface area contributed by atoms with Crippen LogP contribution in [0.3, 0.4) is 0 Å². The molecule has 23 heavy (non-hydrogen) atoms. The maximum absolute atomic E-state index is 12.0. The van der Waals surface area contributed by atoms with E-state index in [-0.39, 0.29) is 11.5 Å². The lowest BCUT2D eigenvalue weighted by Crippen LogP contribution is -2.44. The Labute approximate surface area is 138 Å². The number of rotatable bonds is 7. The van der Waals surface area contributed by atoms with Gasteiger partial charge in [-0.15, -0.1) is 0 Å². The quantitative estimate of drug-likeness (QED) is 0.746. The number of aliphatic carboxylic acids is 1. The van der Waals surface area contributed by atoms with Crippen LogP contribution in [0.1, 0.15) is 37.6 Å². The van der Waals surface area contributed by atoms with E-state index < -0.39 is 26.2 Å².